The smallest absolute Gasteiger partial charge is 0.0982 e. The van der Waals surface area contributed by atoms with Crippen LogP contribution in [0.25, 0.3) is 0 Å². The molecule has 0 aliphatic carbocycles. The average Bonchev–Trinajstić information content (AvgIpc) is 2.41. The van der Waals surface area contributed by atoms with E-state index in [0.717, 1.165) is 37.7 Å². The maximum Gasteiger partial charge on any atom is 0.0982 e. The lowest BCUT2D eigenvalue weighted by Crippen LogP contribution is -2.28. The van der Waals surface area contributed by atoms with Gasteiger partial charge in [-0.3, -0.25) is 9.97 Å². The van der Waals surface area contributed by atoms with Crippen molar-refractivity contribution >= 4 is 0 Å². The zero-order chi connectivity index (χ0) is 11.9. The van der Waals surface area contributed by atoms with Crippen LogP contribution in [0.2, 0.25) is 0 Å². The van der Waals surface area contributed by atoms with E-state index in [1.54, 1.807) is 18.6 Å². The van der Waals surface area contributed by atoms with Gasteiger partial charge in [0.15, 0.2) is 0 Å². The monoisotopic (exact) mass is 235 g/mol. The van der Waals surface area contributed by atoms with E-state index in [9.17, 15) is 0 Å². The first-order chi connectivity index (χ1) is 8.36. The molecule has 1 N–H and O–H groups in total. The van der Waals surface area contributed by atoms with Crippen LogP contribution in [0.5, 0.6) is 0 Å². The second-order valence-electron chi connectivity index (χ2n) is 4.63. The second kappa shape index (κ2) is 6.67. The zero-order valence-electron chi connectivity index (χ0n) is 10.4. The minimum absolute atomic E-state index is 0.0467. The van der Waals surface area contributed by atoms with Gasteiger partial charge in [-0.05, 0) is 45.2 Å². The van der Waals surface area contributed by atoms with E-state index in [1.807, 2.05) is 6.92 Å². The lowest BCUT2D eigenvalue weighted by molar-refractivity contribution is 0.0505. The van der Waals surface area contributed by atoms with E-state index in [2.05, 4.69) is 15.3 Å². The van der Waals surface area contributed by atoms with Gasteiger partial charge >= 0.3 is 0 Å². The van der Waals surface area contributed by atoms with Crippen molar-refractivity contribution in [2.45, 2.75) is 32.3 Å². The van der Waals surface area contributed by atoms with Gasteiger partial charge in [0.25, 0.3) is 0 Å². The molecule has 2 rings (SSSR count). The van der Waals surface area contributed by atoms with Gasteiger partial charge in [0.1, 0.15) is 0 Å². The molecule has 1 aliphatic heterocycles. The summed E-state index contributed by atoms with van der Waals surface area (Å²) in [6.07, 6.45) is 8.94. The Morgan fingerprint density at radius 1 is 1.41 bits per heavy atom. The third-order valence-electron chi connectivity index (χ3n) is 3.35. The quantitative estimate of drug-likeness (QED) is 0.847. The molecular formula is C13H21N3O. The molecule has 0 bridgehead atoms. The summed E-state index contributed by atoms with van der Waals surface area (Å²) < 4.78 is 5.81. The fraction of sp³-hybridized carbons (Fsp3) is 0.692. The summed E-state index contributed by atoms with van der Waals surface area (Å²) in [4.78, 5) is 8.30. The Balaban J connectivity index is 1.67. The van der Waals surface area contributed by atoms with E-state index in [0.29, 0.717) is 0 Å². The molecule has 1 aromatic rings. The highest BCUT2D eigenvalue weighted by Crippen LogP contribution is 2.18. The maximum atomic E-state index is 5.81. The first-order valence-electron chi connectivity index (χ1n) is 6.44. The Labute approximate surface area is 103 Å². The summed E-state index contributed by atoms with van der Waals surface area (Å²) >= 11 is 0. The average molecular weight is 235 g/mol. The van der Waals surface area contributed by atoms with E-state index in [-0.39, 0.29) is 6.10 Å². The van der Waals surface area contributed by atoms with Gasteiger partial charge in [0, 0.05) is 19.0 Å². The van der Waals surface area contributed by atoms with Crippen molar-refractivity contribution in [3.05, 3.63) is 24.3 Å². The molecular weight excluding hydrogens is 214 g/mol. The van der Waals surface area contributed by atoms with Gasteiger partial charge in [-0.15, -0.1) is 0 Å². The van der Waals surface area contributed by atoms with Crippen LogP contribution in [0.1, 0.15) is 38.0 Å². The van der Waals surface area contributed by atoms with Crippen LogP contribution in [0.4, 0.5) is 0 Å². The van der Waals surface area contributed by atoms with Crippen molar-refractivity contribution in [2.75, 3.05) is 19.7 Å². The summed E-state index contributed by atoms with van der Waals surface area (Å²) in [6.45, 7) is 5.17. The molecule has 2 heterocycles. The number of aromatic nitrogens is 2. The second-order valence-corrected chi connectivity index (χ2v) is 4.63. The number of hydrogen-bond acceptors (Lipinski definition) is 4. The fourth-order valence-electron chi connectivity index (χ4n) is 2.19. The molecule has 0 amide bonds. The Morgan fingerprint density at radius 3 is 2.94 bits per heavy atom. The molecule has 94 valence electrons. The summed E-state index contributed by atoms with van der Waals surface area (Å²) in [5.41, 5.74) is 0.915. The van der Waals surface area contributed by atoms with E-state index in [1.165, 1.54) is 12.8 Å². The molecule has 0 spiro atoms. The predicted molar refractivity (Wildman–Crippen MR) is 66.6 cm³/mol. The third kappa shape index (κ3) is 4.06. The van der Waals surface area contributed by atoms with E-state index in [4.69, 9.17) is 4.74 Å². The molecule has 1 fully saturated rings. The number of hydrogen-bond donors (Lipinski definition) is 1. The normalized spacial score (nSPS) is 19.1. The van der Waals surface area contributed by atoms with Crippen molar-refractivity contribution < 1.29 is 4.74 Å². The van der Waals surface area contributed by atoms with Crippen molar-refractivity contribution in [3.8, 4) is 0 Å². The van der Waals surface area contributed by atoms with Crippen LogP contribution in [-0.2, 0) is 4.74 Å². The van der Waals surface area contributed by atoms with Crippen molar-refractivity contribution in [1.29, 1.82) is 0 Å². The van der Waals surface area contributed by atoms with Gasteiger partial charge in [0.05, 0.1) is 18.0 Å². The van der Waals surface area contributed by atoms with Crippen LogP contribution in [0.15, 0.2) is 18.6 Å². The van der Waals surface area contributed by atoms with Gasteiger partial charge in [-0.1, -0.05) is 0 Å². The number of rotatable bonds is 5. The molecule has 4 heteroatoms. The zero-order valence-corrected chi connectivity index (χ0v) is 10.4. The SMILES string of the molecule is CC(OCCC1CCNCC1)c1cnccn1. The molecule has 1 aromatic heterocycles. The highest BCUT2D eigenvalue weighted by molar-refractivity contribution is 4.97. The molecule has 0 radical (unpaired) electrons. The minimum Gasteiger partial charge on any atom is -0.372 e. The molecule has 4 nitrogen and oxygen atoms in total. The topological polar surface area (TPSA) is 47.0 Å². The molecule has 1 aliphatic rings. The van der Waals surface area contributed by atoms with E-state index < -0.39 is 0 Å². The standard InChI is InChI=1S/C13H21N3O/c1-11(13-10-15-7-8-16-13)17-9-4-12-2-5-14-6-3-12/h7-8,10-12,14H,2-6,9H2,1H3. The lowest BCUT2D eigenvalue weighted by Gasteiger charge is -2.23. The first-order valence-corrected chi connectivity index (χ1v) is 6.44. The van der Waals surface area contributed by atoms with Crippen LogP contribution >= 0.6 is 0 Å². The van der Waals surface area contributed by atoms with Gasteiger partial charge in [-0.25, -0.2) is 0 Å². The van der Waals surface area contributed by atoms with E-state index >= 15 is 0 Å². The largest absolute Gasteiger partial charge is 0.372 e. The van der Waals surface area contributed by atoms with Gasteiger partial charge < -0.3 is 10.1 Å². The highest BCUT2D eigenvalue weighted by Gasteiger charge is 2.14. The minimum atomic E-state index is 0.0467. The van der Waals surface area contributed by atoms with Crippen molar-refractivity contribution in [3.63, 3.8) is 0 Å². The molecule has 1 atom stereocenters. The van der Waals surface area contributed by atoms with Crippen LogP contribution in [0.3, 0.4) is 0 Å². The molecule has 1 unspecified atom stereocenters. The number of nitrogens with one attached hydrogen (secondary N) is 1. The number of ether oxygens (including phenoxy) is 1. The lowest BCUT2D eigenvalue weighted by atomic mass is 9.95. The van der Waals surface area contributed by atoms with Crippen LogP contribution in [-0.4, -0.2) is 29.7 Å². The summed E-state index contributed by atoms with van der Waals surface area (Å²) in [5, 5.41) is 3.38. The highest BCUT2D eigenvalue weighted by atomic mass is 16.5. The molecule has 1 saturated heterocycles. The summed E-state index contributed by atoms with van der Waals surface area (Å²) in [7, 11) is 0. The Kier molecular flexibility index (Phi) is 4.88. The maximum absolute atomic E-state index is 5.81. The van der Waals surface area contributed by atoms with Gasteiger partial charge in [0.2, 0.25) is 0 Å². The van der Waals surface area contributed by atoms with Gasteiger partial charge in [-0.2, -0.15) is 0 Å². The van der Waals surface area contributed by atoms with Crippen molar-refractivity contribution in [2.24, 2.45) is 5.92 Å². The molecule has 0 saturated carbocycles. The number of piperidine rings is 1. The predicted octanol–water partition coefficient (Wildman–Crippen LogP) is 1.94. The van der Waals surface area contributed by atoms with Crippen LogP contribution in [0, 0.1) is 5.92 Å². The summed E-state index contributed by atoms with van der Waals surface area (Å²) in [5.74, 6) is 0.824. The Bertz CT molecular complexity index is 312. The molecule has 0 aromatic carbocycles. The number of nitrogens with zero attached hydrogens (tertiary/aromatic N) is 2. The Hall–Kier alpha value is -1.00. The third-order valence-corrected chi connectivity index (χ3v) is 3.35. The van der Waals surface area contributed by atoms with Crippen molar-refractivity contribution in [1.82, 2.24) is 15.3 Å². The Morgan fingerprint density at radius 2 is 2.24 bits per heavy atom. The van der Waals surface area contributed by atoms with Crippen LogP contribution < -0.4 is 5.32 Å². The fourth-order valence-corrected chi connectivity index (χ4v) is 2.19. The first kappa shape index (κ1) is 12.5. The molecule has 17 heavy (non-hydrogen) atoms. The summed E-state index contributed by atoms with van der Waals surface area (Å²) in [6, 6.07) is 0.